The molecule has 0 aromatic heterocycles. The van der Waals surface area contributed by atoms with Crippen molar-refractivity contribution in [3.05, 3.63) is 119 Å². The van der Waals surface area contributed by atoms with Gasteiger partial charge < -0.3 is 9.47 Å². The predicted octanol–water partition coefficient (Wildman–Crippen LogP) is 7.03. The number of nitrogens with zero attached hydrogens (tertiary/aromatic N) is 1. The standard InChI is InChI=1S/C17H15ClN2O3.C16H16N2O2.CH4/c1-20(16(18)21)19-17(22)23-10-15-13-8-4-2-6-11(13)12-7-3-5-9-14(12)15;1-17-18-16(19)20-10-15-13-8-4-2-6-11(13)12-7-3-5-9-14(12)15;/h2-9,15H,10H2,1H3,(H,19,22);2-9,15,17H,10H2,1H3,(H,18,19);1H4. The Morgan fingerprint density at radius 1 is 0.659 bits per heavy atom. The molecule has 4 aromatic carbocycles. The maximum atomic E-state index is 11.8. The Labute approximate surface area is 262 Å². The van der Waals surface area contributed by atoms with Crippen molar-refractivity contribution in [2.24, 2.45) is 0 Å². The quantitative estimate of drug-likeness (QED) is 0.127. The van der Waals surface area contributed by atoms with Crippen LogP contribution in [0.1, 0.15) is 41.5 Å². The summed E-state index contributed by atoms with van der Waals surface area (Å²) in [6, 6.07) is 32.7. The minimum Gasteiger partial charge on any atom is -0.448 e. The molecule has 10 heteroatoms. The number of hydrogen-bond donors (Lipinski definition) is 3. The van der Waals surface area contributed by atoms with Gasteiger partial charge >= 0.3 is 17.6 Å². The molecule has 44 heavy (non-hydrogen) atoms. The molecule has 0 saturated heterocycles. The van der Waals surface area contributed by atoms with E-state index in [0.717, 1.165) is 27.3 Å². The first-order chi connectivity index (χ1) is 20.9. The summed E-state index contributed by atoms with van der Waals surface area (Å²) in [6.45, 7) is 0.520. The number of ether oxygens (including phenoxy) is 2. The van der Waals surface area contributed by atoms with Crippen LogP contribution in [0.15, 0.2) is 97.1 Å². The first-order valence-electron chi connectivity index (χ1n) is 13.7. The van der Waals surface area contributed by atoms with Crippen molar-refractivity contribution in [2.45, 2.75) is 19.3 Å². The van der Waals surface area contributed by atoms with E-state index in [1.807, 2.05) is 60.7 Å². The van der Waals surface area contributed by atoms with Crippen LogP contribution in [0.2, 0.25) is 0 Å². The first-order valence-corrected chi connectivity index (χ1v) is 14.1. The van der Waals surface area contributed by atoms with Gasteiger partial charge in [-0.15, -0.1) is 0 Å². The molecular formula is C34H35ClN4O5. The lowest BCUT2D eigenvalue weighted by Crippen LogP contribution is -2.41. The van der Waals surface area contributed by atoms with E-state index < -0.39 is 17.6 Å². The van der Waals surface area contributed by atoms with E-state index in [0.29, 0.717) is 6.61 Å². The molecule has 0 bridgehead atoms. The lowest BCUT2D eigenvalue weighted by Gasteiger charge is -2.17. The third-order valence-electron chi connectivity index (χ3n) is 7.44. The Kier molecular flexibility index (Phi) is 10.6. The second-order valence-corrected chi connectivity index (χ2v) is 10.3. The van der Waals surface area contributed by atoms with Crippen LogP contribution in [0.4, 0.5) is 14.4 Å². The SMILES string of the molecule is C.CN(NC(=O)OCC1c2ccccc2-c2ccccc21)C(=O)Cl.CNNC(=O)OCC1c2ccccc2-c2ccccc21. The topological polar surface area (TPSA) is 109 Å². The zero-order chi connectivity index (χ0) is 30.3. The fraction of sp³-hybridized carbons (Fsp3) is 0.206. The molecule has 3 N–H and O–H groups in total. The molecule has 0 radical (unpaired) electrons. The maximum absolute atomic E-state index is 11.8. The van der Waals surface area contributed by atoms with Gasteiger partial charge in [0.05, 0.1) is 0 Å². The number of hydrazine groups is 2. The van der Waals surface area contributed by atoms with Gasteiger partial charge in [-0.25, -0.2) is 25.4 Å². The predicted molar refractivity (Wildman–Crippen MR) is 171 cm³/mol. The highest BCUT2D eigenvalue weighted by Gasteiger charge is 2.30. The molecule has 2 aliphatic rings. The van der Waals surface area contributed by atoms with Crippen LogP contribution in [-0.2, 0) is 9.47 Å². The number of amides is 3. The van der Waals surface area contributed by atoms with E-state index in [-0.39, 0.29) is 25.9 Å². The number of halogens is 1. The Morgan fingerprint density at radius 3 is 1.34 bits per heavy atom. The van der Waals surface area contributed by atoms with Crippen molar-refractivity contribution in [1.82, 2.24) is 21.3 Å². The average Bonchev–Trinajstić information content (AvgIpc) is 3.52. The largest absolute Gasteiger partial charge is 0.448 e. The number of rotatable bonds is 5. The monoisotopic (exact) mass is 614 g/mol. The molecule has 2 aliphatic carbocycles. The van der Waals surface area contributed by atoms with E-state index in [1.54, 1.807) is 7.05 Å². The van der Waals surface area contributed by atoms with Crippen molar-refractivity contribution in [1.29, 1.82) is 0 Å². The summed E-state index contributed by atoms with van der Waals surface area (Å²) in [6.07, 6.45) is -1.18. The van der Waals surface area contributed by atoms with Crippen LogP contribution in [0.5, 0.6) is 0 Å². The zero-order valence-corrected chi connectivity index (χ0v) is 24.4. The van der Waals surface area contributed by atoms with Gasteiger partial charge in [0, 0.05) is 25.9 Å². The fourth-order valence-corrected chi connectivity index (χ4v) is 5.59. The van der Waals surface area contributed by atoms with Gasteiger partial charge in [-0.05, 0) is 56.1 Å². The summed E-state index contributed by atoms with van der Waals surface area (Å²) >= 11 is 5.25. The van der Waals surface area contributed by atoms with Crippen LogP contribution in [0.3, 0.4) is 0 Å². The molecule has 3 amide bonds. The molecular weight excluding hydrogens is 580 g/mol. The Balaban J connectivity index is 0.000000198. The average molecular weight is 615 g/mol. The van der Waals surface area contributed by atoms with Crippen LogP contribution in [-0.4, -0.2) is 49.9 Å². The van der Waals surface area contributed by atoms with Gasteiger partial charge in [-0.1, -0.05) is 104 Å². The Bertz CT molecular complexity index is 1550. The summed E-state index contributed by atoms with van der Waals surface area (Å²) in [4.78, 5) is 34.1. The van der Waals surface area contributed by atoms with Gasteiger partial charge in [0.25, 0.3) is 0 Å². The van der Waals surface area contributed by atoms with E-state index in [4.69, 9.17) is 21.1 Å². The molecule has 9 nitrogen and oxygen atoms in total. The van der Waals surface area contributed by atoms with Crippen molar-refractivity contribution >= 4 is 29.2 Å². The van der Waals surface area contributed by atoms with E-state index in [9.17, 15) is 14.4 Å². The summed E-state index contributed by atoms with van der Waals surface area (Å²) in [5.74, 6) is 0.0789. The van der Waals surface area contributed by atoms with Gasteiger partial charge in [0.1, 0.15) is 13.2 Å². The van der Waals surface area contributed by atoms with E-state index in [1.165, 1.54) is 29.3 Å². The molecule has 0 aliphatic heterocycles. The Hall–Kier alpha value is -4.86. The second-order valence-electron chi connectivity index (χ2n) is 9.95. The molecule has 228 valence electrons. The molecule has 0 heterocycles. The van der Waals surface area contributed by atoms with E-state index >= 15 is 0 Å². The number of fused-ring (bicyclic) bond motifs is 6. The zero-order valence-electron chi connectivity index (χ0n) is 23.7. The summed E-state index contributed by atoms with van der Waals surface area (Å²) in [7, 11) is 2.97. The van der Waals surface area contributed by atoms with Gasteiger partial charge in [0.15, 0.2) is 0 Å². The molecule has 0 spiro atoms. The van der Waals surface area contributed by atoms with Crippen molar-refractivity contribution in [3.63, 3.8) is 0 Å². The first kappa shape index (κ1) is 32.1. The molecule has 0 atom stereocenters. The number of carbonyl (C=O) groups excluding carboxylic acids is 3. The molecule has 0 saturated carbocycles. The highest BCUT2D eigenvalue weighted by atomic mass is 35.5. The van der Waals surface area contributed by atoms with Crippen molar-refractivity contribution < 1.29 is 23.9 Å². The second kappa shape index (κ2) is 14.5. The summed E-state index contributed by atoms with van der Waals surface area (Å²) in [5, 5.41) is 0.0685. The summed E-state index contributed by atoms with van der Waals surface area (Å²) in [5.41, 5.74) is 16.7. The fourth-order valence-electron chi connectivity index (χ4n) is 5.55. The molecule has 6 rings (SSSR count). The number of carbonyl (C=O) groups is 3. The van der Waals surface area contributed by atoms with Crippen molar-refractivity contribution in [2.75, 3.05) is 27.3 Å². The maximum Gasteiger partial charge on any atom is 0.426 e. The van der Waals surface area contributed by atoms with E-state index in [2.05, 4.69) is 52.7 Å². The lowest BCUT2D eigenvalue weighted by molar-refractivity contribution is 0.121. The number of nitrogens with one attached hydrogen (secondary N) is 3. The van der Waals surface area contributed by atoms with Crippen molar-refractivity contribution in [3.8, 4) is 22.3 Å². The minimum atomic E-state index is -0.793. The smallest absolute Gasteiger partial charge is 0.426 e. The molecule has 0 fully saturated rings. The van der Waals surface area contributed by atoms with Crippen LogP contribution >= 0.6 is 11.6 Å². The molecule has 4 aromatic rings. The minimum absolute atomic E-state index is 0. The van der Waals surface area contributed by atoms with Crippen LogP contribution in [0.25, 0.3) is 22.3 Å². The van der Waals surface area contributed by atoms with Crippen LogP contribution < -0.4 is 16.3 Å². The highest BCUT2D eigenvalue weighted by molar-refractivity contribution is 6.62. The van der Waals surface area contributed by atoms with Gasteiger partial charge in [-0.3, -0.25) is 10.2 Å². The third-order valence-corrected chi connectivity index (χ3v) is 7.69. The Morgan fingerprint density at radius 2 is 1.00 bits per heavy atom. The number of hydrogen-bond acceptors (Lipinski definition) is 6. The number of benzene rings is 4. The van der Waals surface area contributed by atoms with Crippen LogP contribution in [0, 0.1) is 0 Å². The molecule has 0 unspecified atom stereocenters. The van der Waals surface area contributed by atoms with Gasteiger partial charge in [0.2, 0.25) is 0 Å². The summed E-state index contributed by atoms with van der Waals surface area (Å²) < 4.78 is 10.5. The normalized spacial score (nSPS) is 12.2. The third kappa shape index (κ3) is 6.85. The van der Waals surface area contributed by atoms with Gasteiger partial charge in [-0.2, -0.15) is 0 Å². The highest BCUT2D eigenvalue weighted by Crippen LogP contribution is 2.45. The lowest BCUT2D eigenvalue weighted by atomic mass is 9.98.